The summed E-state index contributed by atoms with van der Waals surface area (Å²) in [5.74, 6) is 0.755. The van der Waals surface area contributed by atoms with Crippen molar-refractivity contribution in [3.63, 3.8) is 0 Å². The van der Waals surface area contributed by atoms with Crippen LogP contribution >= 0.6 is 0 Å². The lowest BCUT2D eigenvalue weighted by Crippen LogP contribution is -2.04. The van der Waals surface area contributed by atoms with Crippen LogP contribution in [0.1, 0.15) is 13.3 Å². The highest BCUT2D eigenvalue weighted by Gasteiger charge is 2.06. The van der Waals surface area contributed by atoms with Crippen LogP contribution in [0.5, 0.6) is 0 Å². The Labute approximate surface area is 39.7 Å². The van der Waals surface area contributed by atoms with Crippen molar-refractivity contribution in [1.29, 1.82) is 0 Å². The Morgan fingerprint density at radius 1 is 2.00 bits per heavy atom. The smallest absolute Gasteiger partial charge is 0.107 e. The molecule has 1 aliphatic rings. The second-order valence-electron chi connectivity index (χ2n) is 1.92. The Morgan fingerprint density at radius 2 is 2.50 bits per heavy atom. The molecule has 1 heteroatoms. The summed E-state index contributed by atoms with van der Waals surface area (Å²) in [5, 5.41) is 0. The van der Waals surface area contributed by atoms with Crippen LogP contribution in [-0.4, -0.2) is 7.85 Å². The van der Waals surface area contributed by atoms with Crippen LogP contribution in [0.25, 0.3) is 0 Å². The van der Waals surface area contributed by atoms with Gasteiger partial charge in [0, 0.05) is 0 Å². The highest BCUT2D eigenvalue weighted by atomic mass is 14.1. The maximum Gasteiger partial charge on any atom is 0.107 e. The number of rotatable bonds is 0. The van der Waals surface area contributed by atoms with Gasteiger partial charge < -0.3 is 0 Å². The monoisotopic (exact) mass is 78.1 g/mol. The zero-order valence-corrected chi connectivity index (χ0v) is 3.94. The van der Waals surface area contributed by atoms with Gasteiger partial charge in [-0.25, -0.2) is 0 Å². The van der Waals surface area contributed by atoms with Crippen molar-refractivity contribution in [3.05, 3.63) is 11.5 Å². The molecule has 0 heterocycles. The first-order valence-electron chi connectivity index (χ1n) is 2.25. The van der Waals surface area contributed by atoms with Gasteiger partial charge in [-0.15, -0.1) is 5.47 Å². The zero-order valence-electron chi connectivity index (χ0n) is 3.94. The van der Waals surface area contributed by atoms with Crippen LogP contribution in [-0.2, 0) is 0 Å². The van der Waals surface area contributed by atoms with Crippen molar-refractivity contribution in [2.45, 2.75) is 13.3 Å². The molecule has 6 heavy (non-hydrogen) atoms. The Balaban J connectivity index is 2.46. The van der Waals surface area contributed by atoms with Crippen molar-refractivity contribution in [2.24, 2.45) is 5.92 Å². The van der Waals surface area contributed by atoms with E-state index in [1.165, 1.54) is 0 Å². The quantitative estimate of drug-likeness (QED) is 0.380. The third-order valence-corrected chi connectivity index (χ3v) is 1.06. The summed E-state index contributed by atoms with van der Waals surface area (Å²) in [5.41, 5.74) is 1.06. The molecule has 0 aromatic heterocycles. The van der Waals surface area contributed by atoms with Gasteiger partial charge in [0.25, 0.3) is 0 Å². The first-order valence-corrected chi connectivity index (χ1v) is 2.25. The van der Waals surface area contributed by atoms with Gasteiger partial charge in [-0.1, -0.05) is 13.0 Å². The number of allylic oxidation sites excluding steroid dienone is 2. The fraction of sp³-hybridized carbons (Fsp3) is 0.600. The lowest BCUT2D eigenvalue weighted by molar-refractivity contribution is 0.668. The summed E-state index contributed by atoms with van der Waals surface area (Å²) in [6.45, 7) is 2.16. The van der Waals surface area contributed by atoms with E-state index in [9.17, 15) is 0 Å². The third kappa shape index (κ3) is 0.491. The summed E-state index contributed by atoms with van der Waals surface area (Å²) >= 11 is 0. The predicted molar refractivity (Wildman–Crippen MR) is 27.6 cm³/mol. The highest BCUT2D eigenvalue weighted by molar-refractivity contribution is 6.22. The van der Waals surface area contributed by atoms with Crippen LogP contribution in [0.15, 0.2) is 11.5 Å². The minimum absolute atomic E-state index is 0.755. The molecule has 0 aliphatic heterocycles. The Kier molecular flexibility index (Phi) is 0.757. The van der Waals surface area contributed by atoms with Crippen molar-refractivity contribution in [1.82, 2.24) is 0 Å². The van der Waals surface area contributed by atoms with Gasteiger partial charge in [-0.2, -0.15) is 0 Å². The molecule has 0 N–H and O–H groups in total. The third-order valence-electron chi connectivity index (χ3n) is 1.06. The van der Waals surface area contributed by atoms with Crippen LogP contribution in [0.3, 0.4) is 0 Å². The van der Waals surface area contributed by atoms with E-state index in [1.54, 1.807) is 0 Å². The van der Waals surface area contributed by atoms with Gasteiger partial charge in [-0.3, -0.25) is 0 Å². The molecule has 1 aliphatic carbocycles. The van der Waals surface area contributed by atoms with E-state index >= 15 is 0 Å². The molecule has 0 aromatic carbocycles. The summed E-state index contributed by atoms with van der Waals surface area (Å²) in [6.07, 6.45) is 3.19. The molecule has 1 rings (SSSR count). The van der Waals surface area contributed by atoms with Crippen LogP contribution in [0, 0.1) is 5.92 Å². The van der Waals surface area contributed by atoms with Crippen molar-refractivity contribution < 1.29 is 0 Å². The average molecular weight is 77.9 g/mol. The van der Waals surface area contributed by atoms with E-state index in [2.05, 4.69) is 13.0 Å². The molecule has 0 amide bonds. The second-order valence-corrected chi connectivity index (χ2v) is 1.92. The molecular weight excluding hydrogens is 70.9 g/mol. The van der Waals surface area contributed by atoms with Gasteiger partial charge in [0.15, 0.2) is 0 Å². The fourth-order valence-electron chi connectivity index (χ4n) is 0.704. The molecule has 0 nitrogen and oxygen atoms in total. The van der Waals surface area contributed by atoms with Crippen LogP contribution in [0.4, 0.5) is 0 Å². The van der Waals surface area contributed by atoms with Gasteiger partial charge >= 0.3 is 0 Å². The van der Waals surface area contributed by atoms with Crippen molar-refractivity contribution >= 4 is 7.85 Å². The first-order chi connectivity index (χ1) is 2.79. The zero-order chi connectivity index (χ0) is 4.57. The SMILES string of the molecule is [B]C1=CC(C)C1. The molecule has 0 saturated heterocycles. The number of hydrogen-bond donors (Lipinski definition) is 0. The Hall–Kier alpha value is -0.195. The minimum Gasteiger partial charge on any atom is -0.121 e. The van der Waals surface area contributed by atoms with Gasteiger partial charge in [0.2, 0.25) is 0 Å². The molecule has 2 radical (unpaired) electrons. The lowest BCUT2D eigenvalue weighted by Gasteiger charge is -2.17. The Morgan fingerprint density at radius 3 is 2.50 bits per heavy atom. The average Bonchev–Trinajstić information content (AvgIpc) is 1.33. The normalized spacial score (nSPS) is 31.5. The van der Waals surface area contributed by atoms with Crippen molar-refractivity contribution in [2.75, 3.05) is 0 Å². The van der Waals surface area contributed by atoms with E-state index in [-0.39, 0.29) is 0 Å². The Bertz CT molecular complexity index is 83.9. The van der Waals surface area contributed by atoms with Crippen LogP contribution in [0.2, 0.25) is 0 Å². The molecule has 0 spiro atoms. The summed E-state index contributed by atoms with van der Waals surface area (Å²) in [4.78, 5) is 0. The molecule has 0 aromatic rings. The van der Waals surface area contributed by atoms with E-state index in [1.807, 2.05) is 0 Å². The van der Waals surface area contributed by atoms with E-state index in [0.717, 1.165) is 17.8 Å². The molecular formula is C5H7B. The first kappa shape index (κ1) is 3.98. The van der Waals surface area contributed by atoms with E-state index in [0.29, 0.717) is 0 Å². The van der Waals surface area contributed by atoms with Crippen LogP contribution < -0.4 is 0 Å². The van der Waals surface area contributed by atoms with Gasteiger partial charge in [0.1, 0.15) is 7.85 Å². The van der Waals surface area contributed by atoms with Gasteiger partial charge in [-0.05, 0) is 12.3 Å². The maximum atomic E-state index is 5.33. The molecule has 30 valence electrons. The largest absolute Gasteiger partial charge is 0.121 e. The maximum absolute atomic E-state index is 5.33. The van der Waals surface area contributed by atoms with Crippen molar-refractivity contribution in [3.8, 4) is 0 Å². The lowest BCUT2D eigenvalue weighted by atomic mass is 9.76. The van der Waals surface area contributed by atoms with E-state index < -0.39 is 0 Å². The molecule has 0 bridgehead atoms. The van der Waals surface area contributed by atoms with E-state index in [4.69, 9.17) is 7.85 Å². The second kappa shape index (κ2) is 1.14. The topological polar surface area (TPSA) is 0 Å². The summed E-state index contributed by atoms with van der Waals surface area (Å²) in [7, 11) is 5.33. The van der Waals surface area contributed by atoms with Gasteiger partial charge in [0.05, 0.1) is 0 Å². The number of hydrogen-bond acceptors (Lipinski definition) is 0. The highest BCUT2D eigenvalue weighted by Crippen LogP contribution is 2.20. The molecule has 1 unspecified atom stereocenters. The molecule has 1 atom stereocenters. The molecule has 0 saturated carbocycles. The standard InChI is InChI=1S/C5H7B/c1-4-2-5(6)3-4/h2,4H,3H2,1H3. The molecule has 0 fully saturated rings. The summed E-state index contributed by atoms with van der Waals surface area (Å²) < 4.78 is 0. The predicted octanol–water partition coefficient (Wildman–Crippen LogP) is 1.08. The fourth-order valence-corrected chi connectivity index (χ4v) is 0.704. The minimum atomic E-state index is 0.755. The summed E-state index contributed by atoms with van der Waals surface area (Å²) in [6, 6.07) is 0.